The number of para-hydroxylation sites is 1. The fourth-order valence-corrected chi connectivity index (χ4v) is 3.98. The molecule has 3 atom stereocenters. The van der Waals surface area contributed by atoms with Gasteiger partial charge in [0.1, 0.15) is 5.75 Å². The van der Waals surface area contributed by atoms with Gasteiger partial charge in [0.05, 0.1) is 25.2 Å². The zero-order valence-electron chi connectivity index (χ0n) is 13.1. The molecule has 1 aliphatic carbocycles. The van der Waals surface area contributed by atoms with Crippen molar-refractivity contribution in [3.8, 4) is 17.9 Å². The second kappa shape index (κ2) is 4.69. The highest BCUT2D eigenvalue weighted by atomic mass is 16.7. The number of hydrogen-bond acceptors (Lipinski definition) is 6. The van der Waals surface area contributed by atoms with E-state index in [0.717, 1.165) is 5.56 Å². The van der Waals surface area contributed by atoms with Gasteiger partial charge in [0, 0.05) is 19.8 Å². The molecule has 3 N–H and O–H groups in total. The molecule has 0 bridgehead atoms. The smallest absolute Gasteiger partial charge is 0.342 e. The van der Waals surface area contributed by atoms with Gasteiger partial charge in [-0.2, -0.15) is 10.5 Å². The van der Waals surface area contributed by atoms with Crippen molar-refractivity contribution in [1.82, 2.24) is 0 Å². The maximum atomic E-state index is 9.96. The third-order valence-corrected chi connectivity index (χ3v) is 5.03. The Hall–Kier alpha value is -2.61. The minimum Gasteiger partial charge on any atom is -0.496 e. The Bertz CT molecular complexity index is 774. The fraction of sp³-hybridized carbons (Fsp3) is 0.438. The van der Waals surface area contributed by atoms with Crippen molar-refractivity contribution in [2.45, 2.75) is 11.8 Å². The van der Waals surface area contributed by atoms with Gasteiger partial charge in [-0.25, -0.2) is 4.99 Å². The average molecular weight is 313 g/mol. The van der Waals surface area contributed by atoms with Crippen LogP contribution in [0.1, 0.15) is 11.5 Å². The molecule has 7 nitrogen and oxygen atoms in total. The van der Waals surface area contributed by atoms with Crippen molar-refractivity contribution in [1.29, 1.82) is 10.5 Å². The summed E-state index contributed by atoms with van der Waals surface area (Å²) in [5, 5.41) is 19.8. The van der Waals surface area contributed by atoms with Crippen LogP contribution in [0.4, 0.5) is 0 Å². The maximum absolute atomic E-state index is 9.96. The molecule has 0 aromatic heterocycles. The molecule has 23 heavy (non-hydrogen) atoms. The summed E-state index contributed by atoms with van der Waals surface area (Å²) in [6, 6.07) is 11.7. The number of ether oxygens (including phenoxy) is 3. The topological polar surface area (TPSA) is 115 Å². The predicted octanol–water partition coefficient (Wildman–Crippen LogP) is -0.790. The molecule has 0 spiro atoms. The zero-order chi connectivity index (χ0) is 16.9. The lowest BCUT2D eigenvalue weighted by molar-refractivity contribution is -0.687. The van der Waals surface area contributed by atoms with Gasteiger partial charge in [-0.1, -0.05) is 18.2 Å². The molecule has 1 aromatic rings. The Balaban J connectivity index is 2.28. The summed E-state index contributed by atoms with van der Waals surface area (Å²) in [5.41, 5.74) is 4.27. The molecule has 1 fully saturated rings. The largest absolute Gasteiger partial charge is 0.496 e. The predicted molar refractivity (Wildman–Crippen MR) is 78.7 cm³/mol. The van der Waals surface area contributed by atoms with Gasteiger partial charge in [-0.15, -0.1) is 0 Å². The number of benzene rings is 1. The van der Waals surface area contributed by atoms with Gasteiger partial charge < -0.3 is 14.2 Å². The Labute approximate surface area is 133 Å². The summed E-state index contributed by atoms with van der Waals surface area (Å²) in [6.07, 6.45) is 0. The fourth-order valence-electron chi connectivity index (χ4n) is 3.98. The van der Waals surface area contributed by atoms with E-state index in [1.54, 1.807) is 13.2 Å². The molecule has 0 unspecified atom stereocenters. The van der Waals surface area contributed by atoms with E-state index in [9.17, 15) is 10.5 Å². The Kier molecular flexibility index (Phi) is 3.12. The Morgan fingerprint density at radius 1 is 1.13 bits per heavy atom. The lowest BCUT2D eigenvalue weighted by atomic mass is 9.93. The second-order valence-electron chi connectivity index (χ2n) is 5.58. The van der Waals surface area contributed by atoms with Crippen molar-refractivity contribution in [2.75, 3.05) is 21.3 Å². The van der Waals surface area contributed by atoms with E-state index in [2.05, 4.69) is 17.1 Å². The van der Waals surface area contributed by atoms with Gasteiger partial charge >= 0.3 is 5.91 Å². The van der Waals surface area contributed by atoms with E-state index in [-0.39, 0.29) is 5.84 Å². The molecule has 1 aromatic carbocycles. The van der Waals surface area contributed by atoms with Gasteiger partial charge in [-0.3, -0.25) is 5.73 Å². The van der Waals surface area contributed by atoms with Crippen LogP contribution in [0.5, 0.6) is 5.75 Å². The van der Waals surface area contributed by atoms with Crippen molar-refractivity contribution < 1.29 is 19.2 Å². The summed E-state index contributed by atoms with van der Waals surface area (Å²) < 4.78 is 16.3. The molecule has 1 heterocycles. The molecule has 2 aliphatic rings. The number of rotatable bonds is 4. The summed E-state index contributed by atoms with van der Waals surface area (Å²) in [6.45, 7) is 0. The number of nitriles is 2. The van der Waals surface area contributed by atoms with E-state index in [0.29, 0.717) is 5.75 Å². The van der Waals surface area contributed by atoms with Gasteiger partial charge in [0.25, 0.3) is 5.84 Å². The van der Waals surface area contributed by atoms with Crippen LogP contribution < -0.4 is 15.5 Å². The third-order valence-electron chi connectivity index (χ3n) is 5.03. The highest BCUT2D eigenvalue weighted by Crippen LogP contribution is 2.79. The van der Waals surface area contributed by atoms with E-state index in [4.69, 9.17) is 19.9 Å². The van der Waals surface area contributed by atoms with E-state index in [1.165, 1.54) is 14.2 Å². The van der Waals surface area contributed by atoms with Crippen LogP contribution in [0.25, 0.3) is 0 Å². The first-order valence-corrected chi connectivity index (χ1v) is 7.02. The summed E-state index contributed by atoms with van der Waals surface area (Å²) in [5.74, 6) is -1.26. The van der Waals surface area contributed by atoms with E-state index >= 15 is 0 Å². The van der Waals surface area contributed by atoms with Crippen molar-refractivity contribution in [3.63, 3.8) is 0 Å². The molecule has 1 aliphatic heterocycles. The minimum absolute atomic E-state index is 0.168. The Morgan fingerprint density at radius 2 is 1.78 bits per heavy atom. The van der Waals surface area contributed by atoms with Gasteiger partial charge in [0.15, 0.2) is 10.8 Å². The van der Waals surface area contributed by atoms with E-state index in [1.807, 2.05) is 18.2 Å². The SMILES string of the molecule is COc1ccccc1[C@H]1[C@]2(C#N)C(N)=[NH+]C(OC)(OC)[C@]12C#N. The standard InChI is InChI=1S/C16H16N4O3/c1-21-11-7-5-4-6-10(11)12-14(8-17)13(19)20-16(22-2,23-3)15(12,14)9-18/h4-7,12H,1-3H3,(H2,19,20)/p+1/t12-,14+,15+/m0/s1. The number of methoxy groups -OCH3 is 3. The summed E-state index contributed by atoms with van der Waals surface area (Å²) in [4.78, 5) is 2.85. The molecule has 3 rings (SSSR count). The zero-order valence-corrected chi connectivity index (χ0v) is 13.1. The summed E-state index contributed by atoms with van der Waals surface area (Å²) >= 11 is 0. The summed E-state index contributed by atoms with van der Waals surface area (Å²) in [7, 11) is 4.36. The van der Waals surface area contributed by atoms with Gasteiger partial charge in [0.2, 0.25) is 0 Å². The normalized spacial score (nSPS) is 33.1. The van der Waals surface area contributed by atoms with Crippen LogP contribution in [0.2, 0.25) is 0 Å². The van der Waals surface area contributed by atoms with Crippen LogP contribution >= 0.6 is 0 Å². The molecule has 0 amide bonds. The van der Waals surface area contributed by atoms with Crippen LogP contribution in [-0.4, -0.2) is 33.1 Å². The van der Waals surface area contributed by atoms with Crippen LogP contribution in [-0.2, 0) is 9.47 Å². The number of nitrogens with two attached hydrogens (primary N) is 1. The van der Waals surface area contributed by atoms with Crippen LogP contribution in [0.15, 0.2) is 24.3 Å². The molecule has 0 saturated heterocycles. The monoisotopic (exact) mass is 313 g/mol. The first-order chi connectivity index (χ1) is 11.0. The van der Waals surface area contributed by atoms with E-state index < -0.39 is 22.7 Å². The van der Waals surface area contributed by atoms with Crippen LogP contribution in [0, 0.1) is 33.5 Å². The number of nitrogens with one attached hydrogen (secondary N) is 1. The maximum Gasteiger partial charge on any atom is 0.342 e. The first-order valence-electron chi connectivity index (χ1n) is 7.02. The highest BCUT2D eigenvalue weighted by molar-refractivity contribution is 5.95. The minimum atomic E-state index is -1.49. The van der Waals surface area contributed by atoms with Crippen molar-refractivity contribution >= 4 is 5.84 Å². The van der Waals surface area contributed by atoms with Crippen molar-refractivity contribution in [3.05, 3.63) is 29.8 Å². The number of fused-ring (bicyclic) bond motifs is 1. The van der Waals surface area contributed by atoms with Gasteiger partial charge in [-0.05, 0) is 6.07 Å². The third kappa shape index (κ3) is 1.37. The first kappa shape index (κ1) is 15.3. The average Bonchev–Trinajstić information content (AvgIpc) is 3.17. The molecule has 0 radical (unpaired) electrons. The highest BCUT2D eigenvalue weighted by Gasteiger charge is 2.97. The lowest BCUT2D eigenvalue weighted by Crippen LogP contribution is -2.90. The molecule has 118 valence electrons. The van der Waals surface area contributed by atoms with Crippen molar-refractivity contribution in [2.24, 2.45) is 16.6 Å². The number of amidine groups is 1. The molecular formula is C16H17N4O3+. The Morgan fingerprint density at radius 3 is 2.30 bits per heavy atom. The number of hydrogen-bond donors (Lipinski definition) is 2. The molecular weight excluding hydrogens is 296 g/mol. The molecule has 1 saturated carbocycles. The van der Waals surface area contributed by atoms with Crippen LogP contribution in [0.3, 0.4) is 0 Å². The second-order valence-corrected chi connectivity index (χ2v) is 5.58. The lowest BCUT2D eigenvalue weighted by Gasteiger charge is -2.27. The quantitative estimate of drug-likeness (QED) is 0.704. The number of nitrogens with zero attached hydrogens (tertiary/aromatic N) is 2. The molecule has 7 heteroatoms.